The molecule has 2 aliphatic heterocycles. The van der Waals surface area contributed by atoms with Crippen molar-refractivity contribution in [2.75, 3.05) is 31.6 Å². The van der Waals surface area contributed by atoms with E-state index in [4.69, 9.17) is 4.74 Å². The number of likely N-dealkylation sites (N-methyl/N-ethyl adjacent to an activating group) is 1. The Morgan fingerprint density at radius 2 is 1.75 bits per heavy atom. The van der Waals surface area contributed by atoms with E-state index in [1.807, 2.05) is 11.3 Å². The van der Waals surface area contributed by atoms with Gasteiger partial charge in [-0.05, 0) is 61.7 Å². The first-order valence-electron chi connectivity index (χ1n) is 10.3. The minimum Gasteiger partial charge on any atom is -0.372 e. The molecule has 28 heavy (non-hydrogen) atoms. The van der Waals surface area contributed by atoms with Crippen molar-refractivity contribution < 1.29 is 4.74 Å². The molecule has 3 aromatic rings. The van der Waals surface area contributed by atoms with Crippen LogP contribution >= 0.6 is 11.3 Å². The topological polar surface area (TPSA) is 15.7 Å². The van der Waals surface area contributed by atoms with E-state index < -0.39 is 0 Å². The Labute approximate surface area is 171 Å². The van der Waals surface area contributed by atoms with Crippen molar-refractivity contribution in [1.82, 2.24) is 4.90 Å². The number of nitrogens with zero attached hydrogens (tertiary/aromatic N) is 2. The highest BCUT2D eigenvalue weighted by molar-refractivity contribution is 7.19. The molecule has 0 aliphatic carbocycles. The lowest BCUT2D eigenvalue weighted by molar-refractivity contribution is -0.00522. The van der Waals surface area contributed by atoms with Crippen molar-refractivity contribution in [3.05, 3.63) is 64.5 Å². The summed E-state index contributed by atoms with van der Waals surface area (Å²) in [6.45, 7) is 8.40. The first kappa shape index (κ1) is 18.2. The predicted molar refractivity (Wildman–Crippen MR) is 119 cm³/mol. The van der Waals surface area contributed by atoms with Crippen LogP contribution in [0, 0.1) is 0 Å². The van der Waals surface area contributed by atoms with Crippen molar-refractivity contribution in [2.45, 2.75) is 38.5 Å². The van der Waals surface area contributed by atoms with Gasteiger partial charge in [0.2, 0.25) is 0 Å². The molecule has 3 nitrogen and oxygen atoms in total. The third kappa shape index (κ3) is 3.34. The molecule has 1 saturated heterocycles. The van der Waals surface area contributed by atoms with Gasteiger partial charge < -0.3 is 14.5 Å². The van der Waals surface area contributed by atoms with Gasteiger partial charge in [-0.3, -0.25) is 0 Å². The Kier molecular flexibility index (Phi) is 4.66. The summed E-state index contributed by atoms with van der Waals surface area (Å²) in [5, 5.41) is 1.37. The maximum absolute atomic E-state index is 5.92. The first-order valence-corrected chi connectivity index (χ1v) is 11.1. The molecule has 1 fully saturated rings. The van der Waals surface area contributed by atoms with Crippen molar-refractivity contribution in [3.8, 4) is 0 Å². The molecule has 4 heteroatoms. The second-order valence-electron chi connectivity index (χ2n) is 8.48. The number of morpholine rings is 1. The second-order valence-corrected chi connectivity index (χ2v) is 9.60. The highest BCUT2D eigenvalue weighted by Gasteiger charge is 2.28. The Morgan fingerprint density at radius 3 is 2.54 bits per heavy atom. The molecule has 0 saturated carbocycles. The van der Waals surface area contributed by atoms with Crippen LogP contribution in [0.4, 0.5) is 5.69 Å². The standard InChI is InChI=1S/C24H28N2OS/c1-16-12-26(13-17(2)27-16)20-8-9-21-19(10-20)14-25(3)15-22(21)24-11-18-6-4-5-7-23(18)28-24/h4-11,16-17,22H,12-15H2,1-3H3. The van der Waals surface area contributed by atoms with Crippen molar-refractivity contribution in [2.24, 2.45) is 0 Å². The summed E-state index contributed by atoms with van der Waals surface area (Å²) in [5.41, 5.74) is 4.31. The van der Waals surface area contributed by atoms with Crippen LogP contribution in [0.25, 0.3) is 10.1 Å². The zero-order valence-electron chi connectivity index (χ0n) is 16.9. The van der Waals surface area contributed by atoms with Gasteiger partial charge in [-0.1, -0.05) is 24.3 Å². The van der Waals surface area contributed by atoms with E-state index in [1.165, 1.54) is 31.8 Å². The smallest absolute Gasteiger partial charge is 0.0726 e. The Balaban J connectivity index is 1.50. The molecule has 3 unspecified atom stereocenters. The summed E-state index contributed by atoms with van der Waals surface area (Å²) in [4.78, 5) is 6.43. The summed E-state index contributed by atoms with van der Waals surface area (Å²) < 4.78 is 7.31. The summed E-state index contributed by atoms with van der Waals surface area (Å²) >= 11 is 1.95. The summed E-state index contributed by atoms with van der Waals surface area (Å²) in [6, 6.07) is 18.3. The van der Waals surface area contributed by atoms with Crippen molar-refractivity contribution in [3.63, 3.8) is 0 Å². The number of hydrogen-bond donors (Lipinski definition) is 0. The van der Waals surface area contributed by atoms with Gasteiger partial charge in [-0.15, -0.1) is 11.3 Å². The zero-order valence-corrected chi connectivity index (χ0v) is 17.7. The third-order valence-corrected chi connectivity index (χ3v) is 7.24. The first-order chi connectivity index (χ1) is 13.6. The minimum atomic E-state index is 0.286. The van der Waals surface area contributed by atoms with E-state index in [9.17, 15) is 0 Å². The maximum Gasteiger partial charge on any atom is 0.0726 e. The lowest BCUT2D eigenvalue weighted by Gasteiger charge is -2.38. The van der Waals surface area contributed by atoms with E-state index in [1.54, 1.807) is 0 Å². The van der Waals surface area contributed by atoms with Crippen LogP contribution in [0.3, 0.4) is 0 Å². The second kappa shape index (κ2) is 7.18. The van der Waals surface area contributed by atoms with E-state index in [0.29, 0.717) is 5.92 Å². The molecule has 0 bridgehead atoms. The van der Waals surface area contributed by atoms with Gasteiger partial charge in [-0.25, -0.2) is 0 Å². The summed E-state index contributed by atoms with van der Waals surface area (Å²) in [6.07, 6.45) is 0.572. The average molecular weight is 393 g/mol. The normalized spacial score (nSPS) is 25.8. The molecule has 146 valence electrons. The van der Waals surface area contributed by atoms with Gasteiger partial charge in [-0.2, -0.15) is 0 Å². The van der Waals surface area contributed by atoms with Crippen LogP contribution in [0.1, 0.15) is 35.8 Å². The lowest BCUT2D eigenvalue weighted by Crippen LogP contribution is -2.45. The monoisotopic (exact) mass is 392 g/mol. The molecule has 0 spiro atoms. The van der Waals surface area contributed by atoms with E-state index in [-0.39, 0.29) is 12.2 Å². The molecule has 0 amide bonds. The Bertz CT molecular complexity index is 954. The molecular weight excluding hydrogens is 364 g/mol. The molecule has 5 rings (SSSR count). The van der Waals surface area contributed by atoms with Gasteiger partial charge in [0.1, 0.15) is 0 Å². The van der Waals surface area contributed by atoms with E-state index in [0.717, 1.165) is 26.2 Å². The molecule has 0 radical (unpaired) electrons. The molecule has 2 aliphatic rings. The fraction of sp³-hybridized carbons (Fsp3) is 0.417. The van der Waals surface area contributed by atoms with E-state index >= 15 is 0 Å². The number of anilines is 1. The zero-order chi connectivity index (χ0) is 19.3. The number of fused-ring (bicyclic) bond motifs is 2. The van der Waals surface area contributed by atoms with Crippen LogP contribution in [0.15, 0.2) is 48.5 Å². The molecule has 3 atom stereocenters. The minimum absolute atomic E-state index is 0.286. The molecule has 1 aromatic heterocycles. The van der Waals surface area contributed by atoms with Gasteiger partial charge in [0.15, 0.2) is 0 Å². The Morgan fingerprint density at radius 1 is 0.964 bits per heavy atom. The van der Waals surface area contributed by atoms with Gasteiger partial charge in [0.05, 0.1) is 12.2 Å². The molecule has 0 N–H and O–H groups in total. The van der Waals surface area contributed by atoms with Crippen LogP contribution in [-0.2, 0) is 11.3 Å². The number of rotatable bonds is 2. The molecule has 3 heterocycles. The highest BCUT2D eigenvalue weighted by Crippen LogP contribution is 2.40. The highest BCUT2D eigenvalue weighted by atomic mass is 32.1. The maximum atomic E-state index is 5.92. The van der Waals surface area contributed by atoms with Gasteiger partial charge >= 0.3 is 0 Å². The van der Waals surface area contributed by atoms with Crippen LogP contribution in [0.2, 0.25) is 0 Å². The van der Waals surface area contributed by atoms with Gasteiger partial charge in [0, 0.05) is 47.4 Å². The summed E-state index contributed by atoms with van der Waals surface area (Å²) in [5.74, 6) is 0.461. The van der Waals surface area contributed by atoms with Gasteiger partial charge in [0.25, 0.3) is 0 Å². The van der Waals surface area contributed by atoms with Crippen molar-refractivity contribution in [1.29, 1.82) is 0 Å². The number of hydrogen-bond acceptors (Lipinski definition) is 4. The van der Waals surface area contributed by atoms with Crippen LogP contribution < -0.4 is 4.90 Å². The molecular formula is C24H28N2OS. The van der Waals surface area contributed by atoms with Crippen molar-refractivity contribution >= 4 is 27.1 Å². The average Bonchev–Trinajstić information content (AvgIpc) is 3.10. The fourth-order valence-electron chi connectivity index (χ4n) is 4.84. The fourth-order valence-corrected chi connectivity index (χ4v) is 6.01. The van der Waals surface area contributed by atoms with E-state index in [2.05, 4.69) is 79.2 Å². The quantitative estimate of drug-likeness (QED) is 0.604. The SMILES string of the molecule is CC1CN(c2ccc3c(c2)CN(C)CC3c2cc3ccccc3s2)CC(C)O1. The number of thiophene rings is 1. The molecule has 2 aromatic carbocycles. The summed E-state index contributed by atoms with van der Waals surface area (Å²) in [7, 11) is 2.24. The number of ether oxygens (including phenoxy) is 1. The largest absolute Gasteiger partial charge is 0.372 e. The predicted octanol–water partition coefficient (Wildman–Crippen LogP) is 5.09. The third-order valence-electron chi connectivity index (χ3n) is 6.01. The Hall–Kier alpha value is -1.88. The van der Waals surface area contributed by atoms with Crippen LogP contribution in [0.5, 0.6) is 0 Å². The van der Waals surface area contributed by atoms with Crippen LogP contribution in [-0.4, -0.2) is 43.8 Å². The number of benzene rings is 2. The lowest BCUT2D eigenvalue weighted by atomic mass is 9.88.